The Morgan fingerprint density at radius 2 is 1.69 bits per heavy atom. The van der Waals surface area contributed by atoms with Crippen molar-refractivity contribution in [1.82, 2.24) is 5.32 Å². The molecule has 7 aliphatic rings. The first-order valence-corrected chi connectivity index (χ1v) is 17.2. The van der Waals surface area contributed by atoms with Crippen molar-refractivity contribution in [3.05, 3.63) is 0 Å². The third-order valence-electron chi connectivity index (χ3n) is 14.6. The third-order valence-corrected chi connectivity index (χ3v) is 14.6. The van der Waals surface area contributed by atoms with Gasteiger partial charge in [0.2, 0.25) is 0 Å². The van der Waals surface area contributed by atoms with Gasteiger partial charge in [0.15, 0.2) is 6.10 Å². The minimum atomic E-state index is -1.14. The van der Waals surface area contributed by atoms with Crippen LogP contribution in [0.1, 0.15) is 126 Å². The molecule has 8 unspecified atom stereocenters. The molecule has 42 heavy (non-hydrogen) atoms. The lowest BCUT2D eigenvalue weighted by molar-refractivity contribution is -0.200. The van der Waals surface area contributed by atoms with Gasteiger partial charge < -0.3 is 24.6 Å². The zero-order chi connectivity index (χ0) is 29.9. The molecule has 7 heteroatoms. The summed E-state index contributed by atoms with van der Waals surface area (Å²) in [4.78, 5) is 24.7. The molecule has 11 atom stereocenters. The predicted molar refractivity (Wildman–Crippen MR) is 161 cm³/mol. The minimum absolute atomic E-state index is 0. The maximum atomic E-state index is 12.8. The van der Waals surface area contributed by atoms with E-state index >= 15 is 0 Å². The second-order valence-corrected chi connectivity index (χ2v) is 17.2. The molecule has 2 N–H and O–H groups in total. The van der Waals surface area contributed by atoms with Crippen molar-refractivity contribution in [2.75, 3.05) is 0 Å². The summed E-state index contributed by atoms with van der Waals surface area (Å²) in [6, 6.07) is 0.311. The smallest absolute Gasteiger partial charge is 0.407 e. The standard InChI is InChI=1S/C35H55NO6.H2/c1-20(37)40-29(32(4,5)39)25-12-10-23-26(41-25)18-24-22-11-13-27-31(2,3)28(42-30(38)36-21-8-7-9-21)14-15-35(27)19-34(22,35)17-16-33(23,24)6;/h21-29,39H,7-19H2,1-6H3,(H,36,38);1H/t22?,23?,24?,25?,26?,27?,28-,29-,33?,34-,35?;/m0./s1. The van der Waals surface area contributed by atoms with E-state index in [2.05, 4.69) is 26.1 Å². The van der Waals surface area contributed by atoms with Crippen LogP contribution in [0.25, 0.3) is 0 Å². The van der Waals surface area contributed by atoms with Crippen LogP contribution in [0, 0.1) is 45.3 Å². The highest BCUT2D eigenvalue weighted by Crippen LogP contribution is 2.87. The number of fused-ring (bicyclic) bond motifs is 4. The number of ether oxygens (including phenoxy) is 3. The molecular weight excluding hydrogens is 530 g/mol. The Balaban J connectivity index is 0.00000329. The molecular formula is C35H57NO6. The van der Waals surface area contributed by atoms with Crippen molar-refractivity contribution < 1.29 is 30.3 Å². The zero-order valence-electron chi connectivity index (χ0n) is 26.9. The van der Waals surface area contributed by atoms with E-state index in [1.54, 1.807) is 13.8 Å². The highest BCUT2D eigenvalue weighted by molar-refractivity contribution is 5.68. The van der Waals surface area contributed by atoms with Crippen LogP contribution in [0.5, 0.6) is 0 Å². The molecule has 0 aromatic rings. The van der Waals surface area contributed by atoms with E-state index in [-0.39, 0.29) is 37.2 Å². The van der Waals surface area contributed by atoms with Gasteiger partial charge >= 0.3 is 12.1 Å². The van der Waals surface area contributed by atoms with Gasteiger partial charge in [-0.3, -0.25) is 4.79 Å². The molecule has 7 rings (SSSR count). The van der Waals surface area contributed by atoms with Crippen LogP contribution in [0.2, 0.25) is 0 Å². The van der Waals surface area contributed by atoms with E-state index < -0.39 is 11.7 Å². The fourth-order valence-corrected chi connectivity index (χ4v) is 12.4. The van der Waals surface area contributed by atoms with Crippen molar-refractivity contribution in [2.24, 2.45) is 45.3 Å². The van der Waals surface area contributed by atoms with Crippen molar-refractivity contribution in [3.63, 3.8) is 0 Å². The largest absolute Gasteiger partial charge is 0.457 e. The molecule has 0 aromatic heterocycles. The molecule has 238 valence electrons. The lowest BCUT2D eigenvalue weighted by atomic mass is 9.46. The number of aliphatic hydroxyl groups is 1. The average Bonchev–Trinajstić information content (AvgIpc) is 3.46. The van der Waals surface area contributed by atoms with Gasteiger partial charge in [-0.05, 0) is 137 Å². The molecule has 7 fully saturated rings. The van der Waals surface area contributed by atoms with Crippen LogP contribution < -0.4 is 5.32 Å². The Morgan fingerprint density at radius 3 is 2.36 bits per heavy atom. The van der Waals surface area contributed by atoms with Crippen molar-refractivity contribution >= 4 is 12.1 Å². The van der Waals surface area contributed by atoms with Gasteiger partial charge in [0, 0.05) is 19.8 Å². The molecule has 7 nitrogen and oxygen atoms in total. The summed E-state index contributed by atoms with van der Waals surface area (Å²) in [5.41, 5.74) is -0.00857. The predicted octanol–water partition coefficient (Wildman–Crippen LogP) is 6.79. The fourth-order valence-electron chi connectivity index (χ4n) is 12.4. The van der Waals surface area contributed by atoms with Crippen LogP contribution in [0.3, 0.4) is 0 Å². The van der Waals surface area contributed by atoms with Crippen molar-refractivity contribution in [1.29, 1.82) is 0 Å². The van der Waals surface area contributed by atoms with E-state index in [0.717, 1.165) is 44.4 Å². The van der Waals surface area contributed by atoms with E-state index in [0.29, 0.717) is 40.0 Å². The van der Waals surface area contributed by atoms with Gasteiger partial charge in [0.05, 0.1) is 17.8 Å². The number of carbonyl (C=O) groups excluding carboxylic acids is 2. The number of hydrogen-bond donors (Lipinski definition) is 2. The number of alkyl carbamates (subject to hydrolysis) is 1. The molecule has 6 aliphatic carbocycles. The molecule has 6 saturated carbocycles. The van der Waals surface area contributed by atoms with Gasteiger partial charge in [-0.2, -0.15) is 0 Å². The highest BCUT2D eigenvalue weighted by atomic mass is 16.6. The topological polar surface area (TPSA) is 94.1 Å². The fraction of sp³-hybridized carbons (Fsp3) is 0.943. The molecule has 1 aliphatic heterocycles. The van der Waals surface area contributed by atoms with E-state index in [4.69, 9.17) is 14.2 Å². The highest BCUT2D eigenvalue weighted by Gasteiger charge is 2.81. The first kappa shape index (κ1) is 29.4. The first-order chi connectivity index (χ1) is 19.7. The molecule has 1 amide bonds. The summed E-state index contributed by atoms with van der Waals surface area (Å²) in [7, 11) is 0. The Hall–Kier alpha value is -1.34. The quantitative estimate of drug-likeness (QED) is 0.344. The summed E-state index contributed by atoms with van der Waals surface area (Å²) < 4.78 is 18.6. The van der Waals surface area contributed by atoms with Crippen molar-refractivity contribution in [3.8, 4) is 0 Å². The van der Waals surface area contributed by atoms with Crippen LogP contribution in [0.15, 0.2) is 0 Å². The monoisotopic (exact) mass is 587 g/mol. The van der Waals surface area contributed by atoms with Gasteiger partial charge in [-0.1, -0.05) is 20.8 Å². The molecule has 0 aromatic carbocycles. The molecule has 0 bridgehead atoms. The maximum Gasteiger partial charge on any atom is 0.407 e. The number of hydrogen-bond acceptors (Lipinski definition) is 6. The number of esters is 1. The van der Waals surface area contributed by atoms with Crippen molar-refractivity contribution in [2.45, 2.75) is 161 Å². The summed E-state index contributed by atoms with van der Waals surface area (Å²) in [5, 5.41) is 14.0. The Kier molecular flexibility index (Phi) is 6.70. The second kappa shape index (κ2) is 9.58. The lowest BCUT2D eigenvalue weighted by Gasteiger charge is -2.59. The Bertz CT molecular complexity index is 1120. The number of rotatable bonds is 5. The number of carbonyl (C=O) groups is 2. The van der Waals surface area contributed by atoms with Gasteiger partial charge in [0.25, 0.3) is 0 Å². The van der Waals surface area contributed by atoms with Gasteiger partial charge in [0.1, 0.15) is 6.10 Å². The van der Waals surface area contributed by atoms with E-state index in [9.17, 15) is 14.7 Å². The van der Waals surface area contributed by atoms with Crippen LogP contribution in [-0.4, -0.2) is 53.2 Å². The first-order valence-electron chi connectivity index (χ1n) is 17.2. The lowest BCUT2D eigenvalue weighted by Crippen LogP contribution is -2.56. The molecule has 2 spiro atoms. The average molecular weight is 588 g/mol. The van der Waals surface area contributed by atoms with Gasteiger partial charge in [-0.25, -0.2) is 4.79 Å². The summed E-state index contributed by atoms with van der Waals surface area (Å²) in [6.07, 6.45) is 14.1. The Labute approximate surface area is 254 Å². The summed E-state index contributed by atoms with van der Waals surface area (Å²) in [6.45, 7) is 12.2. The zero-order valence-corrected chi connectivity index (χ0v) is 26.9. The molecule has 1 saturated heterocycles. The normalized spacial score (nSPS) is 47.7. The Morgan fingerprint density at radius 1 is 0.952 bits per heavy atom. The van der Waals surface area contributed by atoms with Crippen LogP contribution in [-0.2, 0) is 19.0 Å². The van der Waals surface area contributed by atoms with Crippen LogP contribution in [0.4, 0.5) is 4.79 Å². The maximum absolute atomic E-state index is 12.8. The third kappa shape index (κ3) is 4.17. The summed E-state index contributed by atoms with van der Waals surface area (Å²) >= 11 is 0. The van der Waals surface area contributed by atoms with E-state index in [1.165, 1.54) is 51.9 Å². The SMILES string of the molecule is CC(=O)O[C@@H](C1CCC2C(CC3C4CCC5C(C)(C)[C@@H](OC(=O)NC6CCC6)CCC56C[C@@]46CCC23C)O1)C(C)(C)O.[HH]. The van der Waals surface area contributed by atoms with Gasteiger partial charge in [-0.15, -0.1) is 0 Å². The number of amides is 1. The van der Waals surface area contributed by atoms with Crippen LogP contribution >= 0.6 is 0 Å². The second-order valence-electron chi connectivity index (χ2n) is 17.2. The molecule has 0 radical (unpaired) electrons. The molecule has 1 heterocycles. The number of nitrogens with one attached hydrogen (secondary N) is 1. The summed E-state index contributed by atoms with van der Waals surface area (Å²) in [5.74, 6) is 2.20. The van der Waals surface area contributed by atoms with E-state index in [1.807, 2.05) is 0 Å². The minimum Gasteiger partial charge on any atom is -0.457 e.